The quantitative estimate of drug-likeness (QED) is 0.742. The minimum absolute atomic E-state index is 0.242. The monoisotopic (exact) mass is 384 g/mol. The number of carbonyl (C=O) groups excluding carboxylic acids is 1. The van der Waals surface area contributed by atoms with Gasteiger partial charge in [-0.3, -0.25) is 9.69 Å². The Hall–Kier alpha value is -2.34. The van der Waals surface area contributed by atoms with E-state index in [0.717, 1.165) is 55.7 Å². The molecule has 1 amide bonds. The van der Waals surface area contributed by atoms with E-state index in [1.807, 2.05) is 24.0 Å². The summed E-state index contributed by atoms with van der Waals surface area (Å²) in [5.41, 5.74) is 1.20. The molecular formula is C22H28N2O4. The van der Waals surface area contributed by atoms with E-state index in [-0.39, 0.29) is 11.5 Å². The van der Waals surface area contributed by atoms with E-state index in [1.54, 1.807) is 12.1 Å². The number of ether oxygens (including phenoxy) is 1. The number of piperazine rings is 1. The fourth-order valence-corrected chi connectivity index (χ4v) is 4.39. The van der Waals surface area contributed by atoms with E-state index >= 15 is 0 Å². The van der Waals surface area contributed by atoms with E-state index in [4.69, 9.17) is 9.15 Å². The molecule has 2 fully saturated rings. The van der Waals surface area contributed by atoms with Crippen molar-refractivity contribution in [2.75, 3.05) is 32.8 Å². The van der Waals surface area contributed by atoms with Crippen LogP contribution in [0.2, 0.25) is 0 Å². The number of benzene rings is 1. The molecule has 1 aromatic carbocycles. The summed E-state index contributed by atoms with van der Waals surface area (Å²) in [5, 5.41) is 0.912. The standard InChI is InChI=1S/C22H28N2O4/c1-2-27-18-7-8-20-19(14-18)17(13-21(25)28-20)15-23-9-11-24(12-10-23)22(26)16-5-3-4-6-16/h7-8,13-14,16H,2-6,9-12,15H2,1H3. The van der Waals surface area contributed by atoms with Gasteiger partial charge in [0.25, 0.3) is 0 Å². The number of rotatable bonds is 5. The van der Waals surface area contributed by atoms with Crippen LogP contribution in [0.1, 0.15) is 38.2 Å². The Bertz CT molecular complexity index is 893. The lowest BCUT2D eigenvalue weighted by Crippen LogP contribution is -2.49. The van der Waals surface area contributed by atoms with Crippen molar-refractivity contribution >= 4 is 16.9 Å². The minimum Gasteiger partial charge on any atom is -0.494 e. The summed E-state index contributed by atoms with van der Waals surface area (Å²) in [4.78, 5) is 28.9. The highest BCUT2D eigenvalue weighted by molar-refractivity contribution is 5.82. The topological polar surface area (TPSA) is 63.0 Å². The van der Waals surface area contributed by atoms with E-state index in [9.17, 15) is 9.59 Å². The Morgan fingerprint density at radius 2 is 1.89 bits per heavy atom. The van der Waals surface area contributed by atoms with Crippen molar-refractivity contribution in [1.29, 1.82) is 0 Å². The summed E-state index contributed by atoms with van der Waals surface area (Å²) in [5.74, 6) is 1.35. The smallest absolute Gasteiger partial charge is 0.336 e. The number of hydrogen-bond acceptors (Lipinski definition) is 5. The van der Waals surface area contributed by atoms with Crippen LogP contribution in [0, 0.1) is 5.92 Å². The third-order valence-corrected chi connectivity index (χ3v) is 5.89. The highest BCUT2D eigenvalue weighted by atomic mass is 16.5. The van der Waals surface area contributed by atoms with Crippen molar-refractivity contribution in [2.45, 2.75) is 39.2 Å². The third-order valence-electron chi connectivity index (χ3n) is 5.89. The largest absolute Gasteiger partial charge is 0.494 e. The Labute approximate surface area is 165 Å². The highest BCUT2D eigenvalue weighted by Gasteiger charge is 2.29. The molecule has 2 aliphatic rings. The molecular weight excluding hydrogens is 356 g/mol. The molecule has 0 radical (unpaired) electrons. The molecule has 1 aromatic heterocycles. The van der Waals surface area contributed by atoms with E-state index in [0.29, 0.717) is 24.6 Å². The van der Waals surface area contributed by atoms with Crippen LogP contribution in [-0.2, 0) is 11.3 Å². The first-order chi connectivity index (χ1) is 13.6. The first-order valence-electron chi connectivity index (χ1n) is 10.3. The van der Waals surface area contributed by atoms with Gasteiger partial charge >= 0.3 is 5.63 Å². The second-order valence-electron chi connectivity index (χ2n) is 7.76. The van der Waals surface area contributed by atoms with Crippen LogP contribution >= 0.6 is 0 Å². The van der Waals surface area contributed by atoms with Crippen LogP contribution in [0.25, 0.3) is 11.0 Å². The molecule has 0 unspecified atom stereocenters. The second-order valence-corrected chi connectivity index (χ2v) is 7.76. The van der Waals surface area contributed by atoms with E-state index in [1.165, 1.54) is 12.8 Å². The minimum atomic E-state index is -0.332. The average Bonchev–Trinajstić information content (AvgIpc) is 3.23. The predicted octanol–water partition coefficient (Wildman–Crippen LogP) is 3.03. The number of carbonyl (C=O) groups is 1. The van der Waals surface area contributed by atoms with Crippen molar-refractivity contribution in [1.82, 2.24) is 9.80 Å². The lowest BCUT2D eigenvalue weighted by Gasteiger charge is -2.36. The Kier molecular flexibility index (Phi) is 5.67. The van der Waals surface area contributed by atoms with Gasteiger partial charge in [-0.15, -0.1) is 0 Å². The Morgan fingerprint density at radius 3 is 2.61 bits per heavy atom. The number of amides is 1. The van der Waals surface area contributed by atoms with Crippen molar-refractivity contribution in [3.05, 3.63) is 40.2 Å². The van der Waals surface area contributed by atoms with Crippen LogP contribution in [0.5, 0.6) is 5.75 Å². The summed E-state index contributed by atoms with van der Waals surface area (Å²) in [7, 11) is 0. The predicted molar refractivity (Wildman–Crippen MR) is 107 cm³/mol. The van der Waals surface area contributed by atoms with Gasteiger partial charge in [-0.2, -0.15) is 0 Å². The normalized spacial score (nSPS) is 18.7. The maximum Gasteiger partial charge on any atom is 0.336 e. The van der Waals surface area contributed by atoms with Crippen LogP contribution in [0.4, 0.5) is 0 Å². The average molecular weight is 384 g/mol. The zero-order chi connectivity index (χ0) is 19.5. The zero-order valence-electron chi connectivity index (χ0n) is 16.5. The SMILES string of the molecule is CCOc1ccc2oc(=O)cc(CN3CCN(C(=O)C4CCCC4)CC3)c2c1. The summed E-state index contributed by atoms with van der Waals surface area (Å²) in [6, 6.07) is 7.14. The van der Waals surface area contributed by atoms with Gasteiger partial charge in [0.1, 0.15) is 11.3 Å². The van der Waals surface area contributed by atoms with Gasteiger partial charge in [0, 0.05) is 50.1 Å². The van der Waals surface area contributed by atoms with Gasteiger partial charge < -0.3 is 14.1 Å². The summed E-state index contributed by atoms with van der Waals surface area (Å²) >= 11 is 0. The van der Waals surface area contributed by atoms with Crippen LogP contribution < -0.4 is 10.4 Å². The van der Waals surface area contributed by atoms with Crippen LogP contribution in [0.15, 0.2) is 33.5 Å². The zero-order valence-corrected chi connectivity index (χ0v) is 16.5. The molecule has 0 spiro atoms. The molecule has 0 atom stereocenters. The van der Waals surface area contributed by atoms with Crippen molar-refractivity contribution in [3.8, 4) is 5.75 Å². The fourth-order valence-electron chi connectivity index (χ4n) is 4.39. The van der Waals surface area contributed by atoms with Crippen molar-refractivity contribution in [2.24, 2.45) is 5.92 Å². The lowest BCUT2D eigenvalue weighted by molar-refractivity contribution is -0.137. The van der Waals surface area contributed by atoms with Crippen LogP contribution in [0.3, 0.4) is 0 Å². The van der Waals surface area contributed by atoms with Crippen molar-refractivity contribution < 1.29 is 13.9 Å². The Morgan fingerprint density at radius 1 is 1.14 bits per heavy atom. The molecule has 6 heteroatoms. The molecule has 28 heavy (non-hydrogen) atoms. The fraction of sp³-hybridized carbons (Fsp3) is 0.545. The summed E-state index contributed by atoms with van der Waals surface area (Å²) in [6.45, 7) is 6.38. The van der Waals surface area contributed by atoms with Gasteiger partial charge in [-0.25, -0.2) is 4.79 Å². The third kappa shape index (κ3) is 4.07. The van der Waals surface area contributed by atoms with Gasteiger partial charge in [0.05, 0.1) is 6.61 Å². The van der Waals surface area contributed by atoms with Crippen LogP contribution in [-0.4, -0.2) is 48.5 Å². The summed E-state index contributed by atoms with van der Waals surface area (Å²) in [6.07, 6.45) is 4.47. The van der Waals surface area contributed by atoms with Gasteiger partial charge in [-0.1, -0.05) is 12.8 Å². The molecule has 0 N–H and O–H groups in total. The van der Waals surface area contributed by atoms with Gasteiger partial charge in [0.15, 0.2) is 0 Å². The molecule has 150 valence electrons. The van der Waals surface area contributed by atoms with E-state index < -0.39 is 0 Å². The Balaban J connectivity index is 1.45. The van der Waals surface area contributed by atoms with Crippen molar-refractivity contribution in [3.63, 3.8) is 0 Å². The molecule has 1 aliphatic carbocycles. The molecule has 6 nitrogen and oxygen atoms in total. The maximum atomic E-state index is 12.6. The molecule has 1 aliphatic heterocycles. The van der Waals surface area contributed by atoms with Gasteiger partial charge in [-0.05, 0) is 43.5 Å². The molecule has 4 rings (SSSR count). The van der Waals surface area contributed by atoms with E-state index in [2.05, 4.69) is 4.90 Å². The molecule has 2 aromatic rings. The lowest BCUT2D eigenvalue weighted by atomic mass is 10.1. The molecule has 1 saturated carbocycles. The molecule has 2 heterocycles. The first kappa shape index (κ1) is 19.0. The maximum absolute atomic E-state index is 12.6. The molecule has 0 bridgehead atoms. The summed E-state index contributed by atoms with van der Waals surface area (Å²) < 4.78 is 10.9. The number of nitrogens with zero attached hydrogens (tertiary/aromatic N) is 2. The molecule has 1 saturated heterocycles. The number of fused-ring (bicyclic) bond motifs is 1. The second kappa shape index (κ2) is 8.35. The first-order valence-corrected chi connectivity index (χ1v) is 10.3. The number of hydrogen-bond donors (Lipinski definition) is 0. The van der Waals surface area contributed by atoms with Gasteiger partial charge in [0.2, 0.25) is 5.91 Å². The highest BCUT2D eigenvalue weighted by Crippen LogP contribution is 2.27.